The van der Waals surface area contributed by atoms with Gasteiger partial charge in [0, 0.05) is 20.3 Å². The first-order chi connectivity index (χ1) is 16.8. The number of β-lactam (4-membered cyclic amide) rings is 1. The zero-order valence-corrected chi connectivity index (χ0v) is 19.8. The van der Waals surface area contributed by atoms with Crippen molar-refractivity contribution in [1.82, 2.24) is 30.0 Å². The van der Waals surface area contributed by atoms with Crippen LogP contribution in [-0.2, 0) is 23.1 Å². The second-order valence-corrected chi connectivity index (χ2v) is 8.51. The van der Waals surface area contributed by atoms with Crippen LogP contribution in [-0.4, -0.2) is 55.6 Å². The number of likely N-dealkylation sites (tertiary alicyclic amines) is 1. The summed E-state index contributed by atoms with van der Waals surface area (Å²) >= 11 is 0. The van der Waals surface area contributed by atoms with Gasteiger partial charge in [0.1, 0.15) is 18.2 Å². The highest BCUT2D eigenvalue weighted by molar-refractivity contribution is 6.12. The van der Waals surface area contributed by atoms with Crippen molar-refractivity contribution in [3.63, 3.8) is 0 Å². The molecule has 35 heavy (non-hydrogen) atoms. The summed E-state index contributed by atoms with van der Waals surface area (Å²) in [6.45, 7) is 1.94. The molecule has 3 heterocycles. The summed E-state index contributed by atoms with van der Waals surface area (Å²) < 4.78 is 1.59. The van der Waals surface area contributed by atoms with Gasteiger partial charge in [-0.05, 0) is 36.1 Å². The minimum atomic E-state index is -1.01. The van der Waals surface area contributed by atoms with E-state index in [0.717, 1.165) is 16.0 Å². The van der Waals surface area contributed by atoms with Gasteiger partial charge in [-0.1, -0.05) is 37.3 Å². The lowest BCUT2D eigenvalue weighted by atomic mass is 9.81. The molecular formula is C24H28N8O3. The van der Waals surface area contributed by atoms with E-state index in [-0.39, 0.29) is 12.5 Å². The molecule has 0 saturated carbocycles. The quantitative estimate of drug-likeness (QED) is 0.495. The van der Waals surface area contributed by atoms with Crippen molar-refractivity contribution in [2.24, 2.45) is 13.0 Å². The van der Waals surface area contributed by atoms with Crippen LogP contribution in [0.1, 0.15) is 30.5 Å². The zero-order chi connectivity index (χ0) is 25.1. The lowest BCUT2D eigenvalue weighted by molar-refractivity contribution is -0.156. The van der Waals surface area contributed by atoms with Gasteiger partial charge in [-0.15, -0.1) is 10.2 Å². The predicted molar refractivity (Wildman–Crippen MR) is 129 cm³/mol. The van der Waals surface area contributed by atoms with Crippen molar-refractivity contribution in [2.75, 3.05) is 17.7 Å². The minimum Gasteiger partial charge on any atom is -0.384 e. The van der Waals surface area contributed by atoms with Crippen LogP contribution in [0.3, 0.4) is 0 Å². The number of aromatic nitrogens is 4. The molecule has 1 aliphatic rings. The molecule has 182 valence electrons. The van der Waals surface area contributed by atoms with Gasteiger partial charge >= 0.3 is 6.03 Å². The van der Waals surface area contributed by atoms with E-state index in [1.807, 2.05) is 37.3 Å². The summed E-state index contributed by atoms with van der Waals surface area (Å²) in [7, 11) is 3.25. The summed E-state index contributed by atoms with van der Waals surface area (Å²) in [5.74, 6) is -0.974. The molecule has 1 aromatic carbocycles. The van der Waals surface area contributed by atoms with E-state index in [2.05, 4.69) is 20.5 Å². The van der Waals surface area contributed by atoms with Crippen molar-refractivity contribution < 1.29 is 14.4 Å². The minimum absolute atomic E-state index is 0.244. The van der Waals surface area contributed by atoms with E-state index >= 15 is 0 Å². The average Bonchev–Trinajstić information content (AvgIpc) is 3.29. The van der Waals surface area contributed by atoms with Crippen LogP contribution in [0.4, 0.5) is 16.6 Å². The molecule has 0 radical (unpaired) electrons. The van der Waals surface area contributed by atoms with Gasteiger partial charge in [0.2, 0.25) is 11.9 Å². The Morgan fingerprint density at radius 2 is 1.97 bits per heavy atom. The van der Waals surface area contributed by atoms with Gasteiger partial charge in [0.05, 0.1) is 12.0 Å². The maximum absolute atomic E-state index is 13.6. The molecule has 1 aliphatic heterocycles. The number of nitrogens with zero attached hydrogens (tertiary/aromatic N) is 6. The van der Waals surface area contributed by atoms with Crippen LogP contribution < -0.4 is 16.0 Å². The Labute approximate surface area is 202 Å². The Bertz CT molecular complexity index is 1230. The number of hydrogen-bond acceptors (Lipinski definition) is 7. The Morgan fingerprint density at radius 1 is 1.23 bits per heavy atom. The van der Waals surface area contributed by atoms with Crippen LogP contribution in [0.2, 0.25) is 0 Å². The number of hydrogen-bond donors (Lipinski definition) is 2. The standard InChI is InChI=1S/C24H28N8O3/c1-4-18(16-8-6-5-7-9-16)28-24(35)32-20(22(34)31(3)23-29-27-14-30(23)2)17(21(32)33)12-15-10-11-26-19(25)13-15/h5-11,13-14,17-18,20H,4,12H2,1-3H3,(H2,25,26)(H,28,35)/t17-,18-,20+/m1/s1. The Kier molecular flexibility index (Phi) is 6.76. The molecular weight excluding hydrogens is 448 g/mol. The highest BCUT2D eigenvalue weighted by Crippen LogP contribution is 2.33. The van der Waals surface area contributed by atoms with Gasteiger partial charge in [-0.2, -0.15) is 0 Å². The van der Waals surface area contributed by atoms with Crippen LogP contribution >= 0.6 is 0 Å². The molecule has 4 rings (SSSR count). The lowest BCUT2D eigenvalue weighted by Gasteiger charge is -2.45. The zero-order valence-electron chi connectivity index (χ0n) is 19.8. The van der Waals surface area contributed by atoms with Crippen molar-refractivity contribution in [3.05, 3.63) is 66.1 Å². The number of pyridine rings is 1. The van der Waals surface area contributed by atoms with E-state index in [1.165, 1.54) is 11.2 Å². The van der Waals surface area contributed by atoms with Crippen LogP contribution in [0, 0.1) is 5.92 Å². The predicted octanol–water partition coefficient (Wildman–Crippen LogP) is 1.69. The van der Waals surface area contributed by atoms with Crippen LogP contribution in [0.5, 0.6) is 0 Å². The molecule has 0 unspecified atom stereocenters. The molecule has 3 aromatic rings. The maximum Gasteiger partial charge on any atom is 0.325 e. The maximum atomic E-state index is 13.6. The third-order valence-electron chi connectivity index (χ3n) is 6.21. The third-order valence-corrected chi connectivity index (χ3v) is 6.21. The number of anilines is 2. The SMILES string of the molecule is CC[C@@H](NC(=O)N1C(=O)[C@H](Cc2ccnc(N)c2)[C@H]1C(=O)N(C)c1nncn1C)c1ccccc1. The number of nitrogens with one attached hydrogen (secondary N) is 1. The van der Waals surface area contributed by atoms with E-state index in [4.69, 9.17) is 5.73 Å². The Balaban J connectivity index is 1.60. The van der Waals surface area contributed by atoms with Gasteiger partial charge < -0.3 is 15.6 Å². The highest BCUT2D eigenvalue weighted by Gasteiger charge is 2.55. The molecule has 11 heteroatoms. The molecule has 3 N–H and O–H groups in total. The molecule has 1 fully saturated rings. The van der Waals surface area contributed by atoms with Crippen LogP contribution in [0.15, 0.2) is 55.0 Å². The molecule has 1 saturated heterocycles. The van der Waals surface area contributed by atoms with Gasteiger partial charge in [0.15, 0.2) is 0 Å². The number of likely N-dealkylation sites (N-methyl/N-ethyl adjacent to an activating group) is 1. The topological polar surface area (TPSA) is 139 Å². The average molecular weight is 477 g/mol. The fourth-order valence-corrected chi connectivity index (χ4v) is 4.33. The summed E-state index contributed by atoms with van der Waals surface area (Å²) in [6, 6.07) is 11.0. The first-order valence-corrected chi connectivity index (χ1v) is 11.3. The second kappa shape index (κ2) is 9.92. The van der Waals surface area contributed by atoms with E-state index in [0.29, 0.717) is 18.2 Å². The van der Waals surface area contributed by atoms with E-state index < -0.39 is 29.8 Å². The summed E-state index contributed by atoms with van der Waals surface area (Å²) in [6.07, 6.45) is 3.88. The number of benzene rings is 1. The van der Waals surface area contributed by atoms with Crippen molar-refractivity contribution >= 4 is 29.6 Å². The van der Waals surface area contributed by atoms with Crippen LogP contribution in [0.25, 0.3) is 0 Å². The number of nitrogen functional groups attached to an aromatic ring is 1. The number of urea groups is 1. The first kappa shape index (κ1) is 23.9. The van der Waals surface area contributed by atoms with Crippen molar-refractivity contribution in [3.8, 4) is 0 Å². The molecule has 0 spiro atoms. The molecule has 0 aliphatic carbocycles. The molecule has 2 aromatic heterocycles. The van der Waals surface area contributed by atoms with Gasteiger partial charge in [-0.3, -0.25) is 19.4 Å². The number of imide groups is 1. The summed E-state index contributed by atoms with van der Waals surface area (Å²) in [4.78, 5) is 46.3. The summed E-state index contributed by atoms with van der Waals surface area (Å²) in [5.41, 5.74) is 7.46. The summed E-state index contributed by atoms with van der Waals surface area (Å²) in [5, 5.41) is 10.7. The van der Waals surface area contributed by atoms with Crippen molar-refractivity contribution in [1.29, 1.82) is 0 Å². The third kappa shape index (κ3) is 4.70. The molecule has 4 amide bonds. The fraction of sp³-hybridized carbons (Fsp3) is 0.333. The van der Waals surface area contributed by atoms with Crippen molar-refractivity contribution in [2.45, 2.75) is 31.8 Å². The number of amides is 4. The van der Waals surface area contributed by atoms with E-state index in [9.17, 15) is 14.4 Å². The second-order valence-electron chi connectivity index (χ2n) is 8.51. The Morgan fingerprint density at radius 3 is 2.60 bits per heavy atom. The number of nitrogens with two attached hydrogens (primary N) is 1. The highest BCUT2D eigenvalue weighted by atomic mass is 16.2. The fourth-order valence-electron chi connectivity index (χ4n) is 4.33. The lowest BCUT2D eigenvalue weighted by Crippen LogP contribution is -2.70. The molecule has 0 bridgehead atoms. The normalized spacial score (nSPS) is 18.0. The number of rotatable bonds is 7. The largest absolute Gasteiger partial charge is 0.384 e. The molecule has 3 atom stereocenters. The molecule has 11 nitrogen and oxygen atoms in total. The number of aryl methyl sites for hydroxylation is 1. The number of carbonyl (C=O) groups excluding carboxylic acids is 3. The van der Waals surface area contributed by atoms with Gasteiger partial charge in [0.25, 0.3) is 5.91 Å². The Hall–Kier alpha value is -4.28. The van der Waals surface area contributed by atoms with Gasteiger partial charge in [-0.25, -0.2) is 9.78 Å². The van der Waals surface area contributed by atoms with E-state index in [1.54, 1.807) is 37.0 Å². The first-order valence-electron chi connectivity index (χ1n) is 11.3. The smallest absolute Gasteiger partial charge is 0.325 e. The number of carbonyl (C=O) groups is 3. The monoisotopic (exact) mass is 476 g/mol.